The molecule has 7 nitrogen and oxygen atoms in total. The highest BCUT2D eigenvalue weighted by atomic mass is 16.5. The lowest BCUT2D eigenvalue weighted by Gasteiger charge is -2.26. The first kappa shape index (κ1) is 28.5. The second-order valence-corrected chi connectivity index (χ2v) is 8.33. The van der Waals surface area contributed by atoms with E-state index >= 15 is 0 Å². The molecule has 0 radical (unpaired) electrons. The van der Waals surface area contributed by atoms with Gasteiger partial charge in [0.1, 0.15) is 0 Å². The van der Waals surface area contributed by atoms with Gasteiger partial charge in [-0.25, -0.2) is 4.79 Å². The van der Waals surface area contributed by atoms with Gasteiger partial charge in [0.15, 0.2) is 11.3 Å². The number of rotatable bonds is 16. The van der Waals surface area contributed by atoms with Crippen molar-refractivity contribution in [2.24, 2.45) is 0 Å². The number of hydrogen-bond acceptors (Lipinski definition) is 5. The molecule has 0 aromatic rings. The van der Waals surface area contributed by atoms with Crippen molar-refractivity contribution in [1.82, 2.24) is 5.06 Å². The minimum absolute atomic E-state index is 0.189. The maximum Gasteiger partial charge on any atom is 0.334 e. The molecule has 1 aliphatic rings. The van der Waals surface area contributed by atoms with Gasteiger partial charge in [-0.1, -0.05) is 84.0 Å². The zero-order valence-electron chi connectivity index (χ0n) is 19.0. The van der Waals surface area contributed by atoms with Crippen LogP contribution in [0.4, 0.5) is 0 Å². The summed E-state index contributed by atoms with van der Waals surface area (Å²) in [7, 11) is 0. The molecule has 1 heterocycles. The molecular formula is C23H43NO6. The maximum absolute atomic E-state index is 11.0. The van der Waals surface area contributed by atoms with E-state index in [2.05, 4.69) is 6.92 Å². The van der Waals surface area contributed by atoms with Crippen molar-refractivity contribution in [2.75, 3.05) is 6.54 Å². The van der Waals surface area contributed by atoms with Crippen LogP contribution >= 0.6 is 0 Å². The first-order chi connectivity index (χ1) is 14.3. The first-order valence-corrected chi connectivity index (χ1v) is 11.7. The van der Waals surface area contributed by atoms with Crippen molar-refractivity contribution < 1.29 is 29.8 Å². The van der Waals surface area contributed by atoms with Crippen LogP contribution in [0, 0.1) is 0 Å². The van der Waals surface area contributed by atoms with E-state index in [-0.39, 0.29) is 13.0 Å². The lowest BCUT2D eigenvalue weighted by Crippen LogP contribution is -2.54. The van der Waals surface area contributed by atoms with Crippen LogP contribution in [0.5, 0.6) is 0 Å². The zero-order valence-corrected chi connectivity index (χ0v) is 19.0. The van der Waals surface area contributed by atoms with E-state index in [1.807, 2.05) is 0 Å². The summed E-state index contributed by atoms with van der Waals surface area (Å²) in [6, 6.07) is 0. The van der Waals surface area contributed by atoms with Crippen molar-refractivity contribution in [1.29, 1.82) is 0 Å². The quantitative estimate of drug-likeness (QED) is 0.221. The van der Waals surface area contributed by atoms with Crippen LogP contribution < -0.4 is 0 Å². The van der Waals surface area contributed by atoms with E-state index < -0.39 is 23.3 Å². The van der Waals surface area contributed by atoms with Crippen LogP contribution in [0.25, 0.3) is 0 Å². The summed E-state index contributed by atoms with van der Waals surface area (Å²) in [6.07, 6.45) is 18.0. The van der Waals surface area contributed by atoms with Gasteiger partial charge >= 0.3 is 11.9 Å². The summed E-state index contributed by atoms with van der Waals surface area (Å²) in [5, 5.41) is 27.1. The van der Waals surface area contributed by atoms with Gasteiger partial charge in [-0.15, -0.1) is 0 Å². The van der Waals surface area contributed by atoms with Gasteiger partial charge in [0.25, 0.3) is 0 Å². The number of unbranched alkanes of at least 4 members (excludes halogenated alkanes) is 12. The average molecular weight is 430 g/mol. The molecule has 176 valence electrons. The minimum Gasteiger partial charge on any atom is -0.481 e. The van der Waals surface area contributed by atoms with Crippen molar-refractivity contribution in [3.05, 3.63) is 0 Å². The van der Waals surface area contributed by atoms with Gasteiger partial charge in [0, 0.05) is 13.0 Å². The largest absolute Gasteiger partial charge is 0.481 e. The van der Waals surface area contributed by atoms with E-state index in [0.29, 0.717) is 17.9 Å². The van der Waals surface area contributed by atoms with Gasteiger partial charge in [0.2, 0.25) is 0 Å². The lowest BCUT2D eigenvalue weighted by molar-refractivity contribution is -0.186. The van der Waals surface area contributed by atoms with Crippen molar-refractivity contribution in [3.8, 4) is 0 Å². The smallest absolute Gasteiger partial charge is 0.334 e. The molecule has 1 unspecified atom stereocenters. The van der Waals surface area contributed by atoms with Gasteiger partial charge in [-0.3, -0.25) is 9.59 Å². The van der Waals surface area contributed by atoms with Crippen molar-refractivity contribution in [3.63, 3.8) is 0 Å². The van der Waals surface area contributed by atoms with Crippen LogP contribution in [0.3, 0.4) is 0 Å². The van der Waals surface area contributed by atoms with Crippen LogP contribution in [-0.4, -0.2) is 50.3 Å². The van der Waals surface area contributed by atoms with E-state index in [1.54, 1.807) is 0 Å². The number of hydroxylamine groups is 2. The predicted octanol–water partition coefficient (Wildman–Crippen LogP) is 5.44. The fourth-order valence-electron chi connectivity index (χ4n) is 3.82. The summed E-state index contributed by atoms with van der Waals surface area (Å²) in [5.41, 5.74) is -1.68. The Morgan fingerprint density at radius 1 is 0.800 bits per heavy atom. The van der Waals surface area contributed by atoms with E-state index in [4.69, 9.17) is 10.2 Å². The standard InChI is InChI=1S/C16H32O2.C7H11NO4/c1-2-3-4-5-6-7-8-9-10-11-12-13-14-15-16(17)18;1-5(9)7(6(10)11)3-2-4-8(7)12/h2-15H2,1H3,(H,17,18);12H,2-4H2,1H3,(H,10,11). The highest BCUT2D eigenvalue weighted by Gasteiger charge is 2.51. The highest BCUT2D eigenvalue weighted by Crippen LogP contribution is 2.28. The molecule has 30 heavy (non-hydrogen) atoms. The van der Waals surface area contributed by atoms with Crippen LogP contribution in [0.15, 0.2) is 0 Å². The Morgan fingerprint density at radius 2 is 1.23 bits per heavy atom. The number of carboxylic acids is 2. The topological polar surface area (TPSA) is 115 Å². The zero-order chi connectivity index (χ0) is 22.8. The van der Waals surface area contributed by atoms with Gasteiger partial charge in [0.05, 0.1) is 0 Å². The molecule has 0 aromatic heterocycles. The third kappa shape index (κ3) is 11.6. The second-order valence-electron chi connectivity index (χ2n) is 8.33. The molecule has 1 atom stereocenters. The molecule has 1 rings (SSSR count). The summed E-state index contributed by atoms with van der Waals surface area (Å²) in [4.78, 5) is 32.1. The molecule has 0 saturated carbocycles. The third-order valence-corrected chi connectivity index (χ3v) is 5.78. The molecule has 1 saturated heterocycles. The monoisotopic (exact) mass is 429 g/mol. The number of ketones is 1. The molecule has 1 aliphatic heterocycles. The van der Waals surface area contributed by atoms with Gasteiger partial charge in [-0.05, 0) is 26.2 Å². The highest BCUT2D eigenvalue weighted by molar-refractivity contribution is 6.06. The summed E-state index contributed by atoms with van der Waals surface area (Å²) in [6.45, 7) is 3.69. The fourth-order valence-corrected chi connectivity index (χ4v) is 3.82. The first-order valence-electron chi connectivity index (χ1n) is 11.7. The molecule has 0 spiro atoms. The Bertz CT molecular complexity index is 480. The Labute approximate surface area is 181 Å². The molecule has 0 aliphatic carbocycles. The minimum atomic E-state index is -1.68. The normalized spacial score (nSPS) is 18.6. The van der Waals surface area contributed by atoms with E-state index in [1.165, 1.54) is 77.6 Å². The number of aliphatic carboxylic acids is 2. The number of carbonyl (C=O) groups is 3. The Kier molecular flexibility index (Phi) is 16.4. The molecule has 3 N–H and O–H groups in total. The van der Waals surface area contributed by atoms with Crippen molar-refractivity contribution in [2.45, 2.75) is 122 Å². The van der Waals surface area contributed by atoms with Crippen LogP contribution in [-0.2, 0) is 14.4 Å². The maximum atomic E-state index is 11.0. The Balaban J connectivity index is 0.000000604. The number of carbonyl (C=O) groups excluding carboxylic acids is 1. The number of hydrogen-bond donors (Lipinski definition) is 3. The number of Topliss-reactive ketones (excluding diaryl/α,β-unsaturated/α-hetero) is 1. The SMILES string of the molecule is CC(=O)C1(C(=O)O)CCCN1O.CCCCCCCCCCCCCCCC(=O)O. The average Bonchev–Trinajstić information content (AvgIpc) is 3.08. The lowest BCUT2D eigenvalue weighted by atomic mass is 9.93. The molecule has 0 aromatic carbocycles. The van der Waals surface area contributed by atoms with E-state index in [9.17, 15) is 19.6 Å². The molecule has 7 heteroatoms. The Hall–Kier alpha value is -1.47. The van der Waals surface area contributed by atoms with Crippen molar-refractivity contribution >= 4 is 17.7 Å². The summed E-state index contributed by atoms with van der Waals surface area (Å²) >= 11 is 0. The Morgan fingerprint density at radius 3 is 1.50 bits per heavy atom. The third-order valence-electron chi connectivity index (χ3n) is 5.78. The molecule has 0 bridgehead atoms. The van der Waals surface area contributed by atoms with Gasteiger partial charge in [-0.2, -0.15) is 5.06 Å². The molecular weight excluding hydrogens is 386 g/mol. The van der Waals surface area contributed by atoms with Gasteiger partial charge < -0.3 is 15.4 Å². The molecule has 1 fully saturated rings. The second kappa shape index (κ2) is 17.2. The predicted molar refractivity (Wildman–Crippen MR) is 117 cm³/mol. The van der Waals surface area contributed by atoms with E-state index in [0.717, 1.165) is 12.8 Å². The van der Waals surface area contributed by atoms with Crippen LogP contribution in [0.2, 0.25) is 0 Å². The van der Waals surface area contributed by atoms with Crippen LogP contribution in [0.1, 0.15) is 117 Å². The summed E-state index contributed by atoms with van der Waals surface area (Å²) in [5.74, 6) is -2.44. The molecule has 0 amide bonds. The summed E-state index contributed by atoms with van der Waals surface area (Å²) < 4.78 is 0. The number of nitrogens with zero attached hydrogens (tertiary/aromatic N) is 1. The number of carboxylic acid groups (broad SMARTS) is 2. The fraction of sp³-hybridized carbons (Fsp3) is 0.870.